The van der Waals surface area contributed by atoms with Crippen LogP contribution in [0.3, 0.4) is 0 Å². The summed E-state index contributed by atoms with van der Waals surface area (Å²) in [5.74, 6) is -0.983. The summed E-state index contributed by atoms with van der Waals surface area (Å²) in [6.07, 6.45) is 0. The van der Waals surface area contributed by atoms with Gasteiger partial charge in [0.1, 0.15) is 11.6 Å². The third-order valence-corrected chi connectivity index (χ3v) is 5.67. The Kier molecular flexibility index (Phi) is 6.82. The van der Waals surface area contributed by atoms with Gasteiger partial charge < -0.3 is 10.2 Å². The van der Waals surface area contributed by atoms with Crippen molar-refractivity contribution >= 4 is 17.4 Å². The van der Waals surface area contributed by atoms with Gasteiger partial charge in [-0.05, 0) is 56.7 Å². The molecule has 1 N–H and O–H groups in total. The van der Waals surface area contributed by atoms with Crippen molar-refractivity contribution < 1.29 is 18.4 Å². The molecule has 2 aromatic rings. The molecular formula is C23H27F2N3O2. The number of hydrogen-bond donors (Lipinski definition) is 1. The van der Waals surface area contributed by atoms with Gasteiger partial charge in [-0.25, -0.2) is 8.78 Å². The first-order valence-corrected chi connectivity index (χ1v) is 10.1. The van der Waals surface area contributed by atoms with Gasteiger partial charge in [0.15, 0.2) is 5.78 Å². The lowest BCUT2D eigenvalue weighted by Gasteiger charge is -2.38. The number of amides is 1. The summed E-state index contributed by atoms with van der Waals surface area (Å²) >= 11 is 0. The number of anilines is 1. The minimum atomic E-state index is -0.407. The van der Waals surface area contributed by atoms with Crippen LogP contribution in [0.4, 0.5) is 14.5 Å². The predicted octanol–water partition coefficient (Wildman–Crippen LogP) is 3.56. The topological polar surface area (TPSA) is 52.7 Å². The fraction of sp³-hybridized carbons (Fsp3) is 0.391. The lowest BCUT2D eigenvalue weighted by Crippen LogP contribution is -2.54. The molecule has 160 valence electrons. The first kappa shape index (κ1) is 21.9. The molecule has 7 heteroatoms. The van der Waals surface area contributed by atoms with Crippen LogP contribution in [0.1, 0.15) is 42.7 Å². The van der Waals surface area contributed by atoms with Gasteiger partial charge in [0.2, 0.25) is 5.91 Å². The molecule has 0 aromatic heterocycles. The van der Waals surface area contributed by atoms with Gasteiger partial charge in [0.05, 0.1) is 17.8 Å². The van der Waals surface area contributed by atoms with Crippen LogP contribution in [-0.2, 0) is 4.79 Å². The Labute approximate surface area is 175 Å². The summed E-state index contributed by atoms with van der Waals surface area (Å²) in [7, 11) is 0. The number of carbonyl (C=O) groups is 2. The highest BCUT2D eigenvalue weighted by Crippen LogP contribution is 2.23. The van der Waals surface area contributed by atoms with Crippen LogP contribution in [-0.4, -0.2) is 48.8 Å². The molecule has 1 aliphatic heterocycles. The van der Waals surface area contributed by atoms with E-state index in [1.165, 1.54) is 25.1 Å². The normalized spacial score (nSPS) is 16.8. The molecule has 1 heterocycles. The van der Waals surface area contributed by atoms with Crippen LogP contribution >= 0.6 is 0 Å². The van der Waals surface area contributed by atoms with Crippen LogP contribution in [0.5, 0.6) is 0 Å². The molecule has 30 heavy (non-hydrogen) atoms. The Bertz CT molecular complexity index is 909. The molecule has 1 aliphatic rings. The molecule has 2 aromatic carbocycles. The van der Waals surface area contributed by atoms with Gasteiger partial charge in [-0.15, -0.1) is 0 Å². The van der Waals surface area contributed by atoms with E-state index in [1.54, 1.807) is 24.3 Å². The summed E-state index contributed by atoms with van der Waals surface area (Å²) in [6.45, 7) is 7.54. The van der Waals surface area contributed by atoms with Crippen molar-refractivity contribution in [1.82, 2.24) is 10.2 Å². The van der Waals surface area contributed by atoms with Crippen molar-refractivity contribution in [2.45, 2.75) is 32.9 Å². The second kappa shape index (κ2) is 9.34. The van der Waals surface area contributed by atoms with E-state index in [-0.39, 0.29) is 29.6 Å². The molecule has 0 saturated carbocycles. The Hall–Kier alpha value is -2.80. The zero-order valence-corrected chi connectivity index (χ0v) is 17.5. The summed E-state index contributed by atoms with van der Waals surface area (Å²) in [5, 5.41) is 2.97. The summed E-state index contributed by atoms with van der Waals surface area (Å²) < 4.78 is 27.5. The number of ketones is 1. The Morgan fingerprint density at radius 1 is 0.967 bits per heavy atom. The molecule has 2 atom stereocenters. The first-order valence-electron chi connectivity index (χ1n) is 10.1. The van der Waals surface area contributed by atoms with Crippen LogP contribution in [0.25, 0.3) is 0 Å². The average Bonchev–Trinajstić information content (AvgIpc) is 2.73. The zero-order chi connectivity index (χ0) is 21.8. The molecule has 0 bridgehead atoms. The van der Waals surface area contributed by atoms with Crippen LogP contribution in [0, 0.1) is 11.6 Å². The number of carbonyl (C=O) groups excluding carboxylic acids is 2. The van der Waals surface area contributed by atoms with Crippen LogP contribution in [0.2, 0.25) is 0 Å². The molecule has 5 nitrogen and oxygen atoms in total. The number of rotatable bonds is 6. The van der Waals surface area contributed by atoms with E-state index in [1.807, 2.05) is 18.7 Å². The highest BCUT2D eigenvalue weighted by molar-refractivity contribution is 5.94. The summed E-state index contributed by atoms with van der Waals surface area (Å²) in [5.41, 5.74) is 1.67. The smallest absolute Gasteiger partial charge is 0.237 e. The van der Waals surface area contributed by atoms with E-state index in [0.29, 0.717) is 37.4 Å². The third-order valence-electron chi connectivity index (χ3n) is 5.67. The van der Waals surface area contributed by atoms with E-state index < -0.39 is 5.82 Å². The lowest BCUT2D eigenvalue weighted by atomic mass is 10.1. The first-order chi connectivity index (χ1) is 14.3. The van der Waals surface area contributed by atoms with Gasteiger partial charge in [-0.1, -0.05) is 12.1 Å². The number of piperazine rings is 1. The number of benzene rings is 2. The monoisotopic (exact) mass is 415 g/mol. The van der Waals surface area contributed by atoms with Crippen molar-refractivity contribution in [3.8, 4) is 0 Å². The van der Waals surface area contributed by atoms with Crippen LogP contribution < -0.4 is 10.2 Å². The number of hydrogen-bond acceptors (Lipinski definition) is 4. The van der Waals surface area contributed by atoms with Gasteiger partial charge in [-0.3, -0.25) is 14.5 Å². The van der Waals surface area contributed by atoms with E-state index >= 15 is 0 Å². The number of nitrogens with one attached hydrogen (secondary N) is 1. The molecule has 3 rings (SSSR count). The lowest BCUT2D eigenvalue weighted by molar-refractivity contribution is -0.126. The van der Waals surface area contributed by atoms with Crippen molar-refractivity contribution in [3.05, 3.63) is 65.2 Å². The third kappa shape index (κ3) is 5.02. The number of Topliss-reactive ketones (excluding diaryl/α,β-unsaturated/α-hetero) is 1. The van der Waals surface area contributed by atoms with Gasteiger partial charge in [0.25, 0.3) is 0 Å². The van der Waals surface area contributed by atoms with Gasteiger partial charge >= 0.3 is 0 Å². The van der Waals surface area contributed by atoms with E-state index in [4.69, 9.17) is 0 Å². The SMILES string of the molecule is CC(=O)c1ccc(N2CCN([C@@H](C)C(=O)N[C@@H](C)c3ccc(F)cc3)CC2)c(F)c1. The molecule has 0 radical (unpaired) electrons. The number of nitrogens with zero attached hydrogens (tertiary/aromatic N) is 2. The second-order valence-electron chi connectivity index (χ2n) is 7.70. The summed E-state index contributed by atoms with van der Waals surface area (Å²) in [6, 6.07) is 10.1. The van der Waals surface area contributed by atoms with Gasteiger partial charge in [0, 0.05) is 31.7 Å². The predicted molar refractivity (Wildman–Crippen MR) is 113 cm³/mol. The Morgan fingerprint density at radius 3 is 2.17 bits per heavy atom. The maximum Gasteiger partial charge on any atom is 0.237 e. The van der Waals surface area contributed by atoms with E-state index in [9.17, 15) is 18.4 Å². The molecule has 1 amide bonds. The van der Waals surface area contributed by atoms with Crippen molar-refractivity contribution in [2.75, 3.05) is 31.1 Å². The molecule has 1 fully saturated rings. The molecule has 0 aliphatic carbocycles. The fourth-order valence-electron chi connectivity index (χ4n) is 3.67. The minimum absolute atomic E-state index is 0.0998. The highest BCUT2D eigenvalue weighted by Gasteiger charge is 2.27. The fourth-order valence-corrected chi connectivity index (χ4v) is 3.67. The quantitative estimate of drug-likeness (QED) is 0.733. The highest BCUT2D eigenvalue weighted by atomic mass is 19.1. The Morgan fingerprint density at radius 2 is 1.60 bits per heavy atom. The van der Waals surface area contributed by atoms with E-state index in [2.05, 4.69) is 10.2 Å². The maximum atomic E-state index is 14.4. The molecule has 0 unspecified atom stereocenters. The van der Waals surface area contributed by atoms with Crippen molar-refractivity contribution in [1.29, 1.82) is 0 Å². The molecule has 1 saturated heterocycles. The minimum Gasteiger partial charge on any atom is -0.367 e. The van der Waals surface area contributed by atoms with E-state index in [0.717, 1.165) is 5.56 Å². The Balaban J connectivity index is 1.55. The largest absolute Gasteiger partial charge is 0.367 e. The molecular weight excluding hydrogens is 388 g/mol. The standard InChI is InChI=1S/C23H27F2N3O2/c1-15(18-4-7-20(24)8-5-18)26-23(30)16(2)27-10-12-28(13-11-27)22-9-6-19(17(3)29)14-21(22)25/h4-9,14-16H,10-13H2,1-3H3,(H,26,30)/t15-,16-/m0/s1. The van der Waals surface area contributed by atoms with Gasteiger partial charge in [-0.2, -0.15) is 0 Å². The maximum absolute atomic E-state index is 14.4. The number of halogens is 2. The van der Waals surface area contributed by atoms with Crippen molar-refractivity contribution in [3.63, 3.8) is 0 Å². The van der Waals surface area contributed by atoms with Crippen LogP contribution in [0.15, 0.2) is 42.5 Å². The average molecular weight is 415 g/mol. The second-order valence-corrected chi connectivity index (χ2v) is 7.70. The summed E-state index contributed by atoms with van der Waals surface area (Å²) in [4.78, 5) is 28.1. The molecule has 0 spiro atoms. The zero-order valence-electron chi connectivity index (χ0n) is 17.5. The van der Waals surface area contributed by atoms with Crippen molar-refractivity contribution in [2.24, 2.45) is 0 Å².